The first kappa shape index (κ1) is 15.8. The maximum atomic E-state index is 14.3. The van der Waals surface area contributed by atoms with Crippen molar-refractivity contribution in [1.29, 1.82) is 0 Å². The maximum absolute atomic E-state index is 14.3. The molecule has 0 radical (unpaired) electrons. The number of carbonyl (C=O) groups is 1. The second-order valence-electron chi connectivity index (χ2n) is 6.83. The summed E-state index contributed by atoms with van der Waals surface area (Å²) in [5, 5.41) is 0.987. The summed E-state index contributed by atoms with van der Waals surface area (Å²) in [5.74, 6) is 0.133. The second kappa shape index (κ2) is 6.28. The Hall–Kier alpha value is -1.75. The average molecular weight is 344 g/mol. The molecule has 0 N–H and O–H groups in total. The zero-order valence-corrected chi connectivity index (χ0v) is 14.6. The number of hydrogen-bond donors (Lipinski definition) is 0. The summed E-state index contributed by atoms with van der Waals surface area (Å²) in [7, 11) is 0. The number of likely N-dealkylation sites (tertiary alicyclic amines) is 1. The molecule has 2 aromatic rings. The summed E-state index contributed by atoms with van der Waals surface area (Å²) >= 11 is 1.49. The smallest absolute Gasteiger partial charge is 0.274 e. The molecule has 0 bridgehead atoms. The van der Waals surface area contributed by atoms with E-state index in [2.05, 4.69) is 11.9 Å². The van der Waals surface area contributed by atoms with Gasteiger partial charge in [0, 0.05) is 24.1 Å². The van der Waals surface area contributed by atoms with Gasteiger partial charge in [-0.15, -0.1) is 11.3 Å². The summed E-state index contributed by atoms with van der Waals surface area (Å²) in [5.41, 5.74) is 0.940. The predicted octanol–water partition coefficient (Wildman–Crippen LogP) is 4.84. The first-order valence-corrected chi connectivity index (χ1v) is 9.53. The van der Waals surface area contributed by atoms with E-state index in [0.717, 1.165) is 43.7 Å². The predicted molar refractivity (Wildman–Crippen MR) is 93.8 cm³/mol. The molecule has 1 saturated heterocycles. The highest BCUT2D eigenvalue weighted by Crippen LogP contribution is 2.45. The highest BCUT2D eigenvalue weighted by molar-refractivity contribution is 7.15. The fourth-order valence-electron chi connectivity index (χ4n) is 3.35. The molecule has 3 nitrogen and oxygen atoms in total. The Bertz CT molecular complexity index is 768. The van der Waals surface area contributed by atoms with Gasteiger partial charge in [-0.1, -0.05) is 18.2 Å². The molecule has 2 aliphatic rings. The van der Waals surface area contributed by atoms with Crippen LogP contribution in [0.25, 0.3) is 10.4 Å². The number of nitrogens with zero attached hydrogens (tertiary/aromatic N) is 2. The zero-order chi connectivity index (χ0) is 16.7. The van der Waals surface area contributed by atoms with Crippen LogP contribution in [0, 0.1) is 5.82 Å². The average Bonchev–Trinajstić information content (AvgIpc) is 3.34. The molecule has 2 heterocycles. The number of thiazole rings is 1. The van der Waals surface area contributed by atoms with Gasteiger partial charge in [-0.05, 0) is 45.1 Å². The molecular weight excluding hydrogens is 323 g/mol. The van der Waals surface area contributed by atoms with Gasteiger partial charge in [-0.25, -0.2) is 9.37 Å². The Morgan fingerprint density at radius 2 is 2.04 bits per heavy atom. The summed E-state index contributed by atoms with van der Waals surface area (Å²) in [6.45, 7) is 2.86. The van der Waals surface area contributed by atoms with Gasteiger partial charge < -0.3 is 4.90 Å². The van der Waals surface area contributed by atoms with Crippen LogP contribution in [0.3, 0.4) is 0 Å². The Morgan fingerprint density at radius 1 is 1.25 bits per heavy atom. The molecule has 1 aliphatic heterocycles. The van der Waals surface area contributed by atoms with Crippen LogP contribution < -0.4 is 0 Å². The van der Waals surface area contributed by atoms with Crippen molar-refractivity contribution in [1.82, 2.24) is 9.88 Å². The van der Waals surface area contributed by atoms with E-state index in [-0.39, 0.29) is 17.8 Å². The summed E-state index contributed by atoms with van der Waals surface area (Å²) in [4.78, 5) is 20.4. The van der Waals surface area contributed by atoms with E-state index in [9.17, 15) is 9.18 Å². The number of amides is 1. The largest absolute Gasteiger partial charge is 0.335 e. The van der Waals surface area contributed by atoms with Crippen molar-refractivity contribution in [3.05, 3.63) is 40.8 Å². The van der Waals surface area contributed by atoms with Gasteiger partial charge in [0.25, 0.3) is 5.91 Å². The van der Waals surface area contributed by atoms with Crippen molar-refractivity contribution in [3.63, 3.8) is 0 Å². The van der Waals surface area contributed by atoms with Gasteiger partial charge in [0.05, 0.1) is 9.88 Å². The third-order valence-corrected chi connectivity index (χ3v) is 6.21. The third-order valence-electron chi connectivity index (χ3n) is 4.96. The van der Waals surface area contributed by atoms with E-state index in [0.29, 0.717) is 22.1 Å². The summed E-state index contributed by atoms with van der Waals surface area (Å²) < 4.78 is 14.3. The van der Waals surface area contributed by atoms with Crippen molar-refractivity contribution in [2.75, 3.05) is 6.54 Å². The van der Waals surface area contributed by atoms with Crippen LogP contribution in [0.2, 0.25) is 0 Å². The third kappa shape index (κ3) is 2.86. The summed E-state index contributed by atoms with van der Waals surface area (Å²) in [6.07, 6.45) is 5.47. The second-order valence-corrected chi connectivity index (χ2v) is 7.86. The summed E-state index contributed by atoms with van der Waals surface area (Å²) in [6, 6.07) is 6.91. The lowest BCUT2D eigenvalue weighted by Gasteiger charge is -2.33. The molecule has 1 aliphatic carbocycles. The van der Waals surface area contributed by atoms with E-state index in [1.54, 1.807) is 12.1 Å². The van der Waals surface area contributed by atoms with Crippen LogP contribution in [0.4, 0.5) is 4.39 Å². The van der Waals surface area contributed by atoms with E-state index < -0.39 is 0 Å². The van der Waals surface area contributed by atoms with Gasteiger partial charge in [-0.2, -0.15) is 0 Å². The first-order valence-electron chi connectivity index (χ1n) is 8.71. The van der Waals surface area contributed by atoms with Gasteiger partial charge in [0.2, 0.25) is 0 Å². The quantitative estimate of drug-likeness (QED) is 0.798. The molecule has 4 rings (SSSR count). The lowest BCUT2D eigenvalue weighted by Crippen LogP contribution is -2.42. The maximum Gasteiger partial charge on any atom is 0.274 e. The van der Waals surface area contributed by atoms with E-state index >= 15 is 0 Å². The van der Waals surface area contributed by atoms with Gasteiger partial charge >= 0.3 is 0 Å². The Kier molecular flexibility index (Phi) is 4.12. The van der Waals surface area contributed by atoms with E-state index in [1.165, 1.54) is 17.4 Å². The fraction of sp³-hybridized carbons (Fsp3) is 0.474. The minimum Gasteiger partial charge on any atom is -0.335 e. The van der Waals surface area contributed by atoms with Crippen LogP contribution in [-0.4, -0.2) is 28.4 Å². The Morgan fingerprint density at radius 3 is 2.75 bits per heavy atom. The van der Waals surface area contributed by atoms with Crippen molar-refractivity contribution >= 4 is 17.2 Å². The highest BCUT2D eigenvalue weighted by Gasteiger charge is 2.33. The monoisotopic (exact) mass is 344 g/mol. The molecule has 1 aromatic carbocycles. The Labute approximate surface area is 145 Å². The van der Waals surface area contributed by atoms with Crippen molar-refractivity contribution in [2.24, 2.45) is 0 Å². The van der Waals surface area contributed by atoms with E-state index in [1.807, 2.05) is 11.0 Å². The molecule has 126 valence electrons. The molecular formula is C19H21FN2OS. The highest BCUT2D eigenvalue weighted by atomic mass is 32.1. The number of hydrogen-bond acceptors (Lipinski definition) is 3. The van der Waals surface area contributed by atoms with Crippen molar-refractivity contribution in [3.8, 4) is 10.4 Å². The van der Waals surface area contributed by atoms with Crippen molar-refractivity contribution < 1.29 is 9.18 Å². The molecule has 0 unspecified atom stereocenters. The number of piperidine rings is 1. The zero-order valence-electron chi connectivity index (χ0n) is 13.8. The van der Waals surface area contributed by atoms with Crippen LogP contribution in [0.1, 0.15) is 60.4 Å². The standard InChI is InChI=1S/C19H21FN2OS/c1-12-6-4-5-11-22(12)19(23)16-17(14-7-2-3-8-15(14)20)24-18(21-16)13-9-10-13/h2-3,7-8,12-13H,4-6,9-11H2,1H3/t12-/m0/s1. The molecule has 2 fully saturated rings. The van der Waals surface area contributed by atoms with Gasteiger partial charge in [0.15, 0.2) is 0 Å². The fourth-order valence-corrected chi connectivity index (χ4v) is 4.60. The van der Waals surface area contributed by atoms with E-state index in [4.69, 9.17) is 0 Å². The number of aromatic nitrogens is 1. The van der Waals surface area contributed by atoms with Crippen LogP contribution in [0.5, 0.6) is 0 Å². The molecule has 1 amide bonds. The van der Waals surface area contributed by atoms with Crippen LogP contribution >= 0.6 is 11.3 Å². The minimum atomic E-state index is -0.288. The molecule has 1 aromatic heterocycles. The Balaban J connectivity index is 1.76. The minimum absolute atomic E-state index is 0.0383. The number of rotatable bonds is 3. The lowest BCUT2D eigenvalue weighted by atomic mass is 10.0. The number of benzene rings is 1. The van der Waals surface area contributed by atoms with Crippen LogP contribution in [0.15, 0.2) is 24.3 Å². The molecule has 1 saturated carbocycles. The topological polar surface area (TPSA) is 33.2 Å². The normalized spacial score (nSPS) is 21.1. The first-order chi connectivity index (χ1) is 11.6. The van der Waals surface area contributed by atoms with Crippen LogP contribution in [-0.2, 0) is 0 Å². The van der Waals surface area contributed by atoms with Gasteiger partial charge in [-0.3, -0.25) is 4.79 Å². The number of halogens is 1. The SMILES string of the molecule is C[C@H]1CCCCN1C(=O)c1nc(C2CC2)sc1-c1ccccc1F. The van der Waals surface area contributed by atoms with Crippen molar-refractivity contribution in [2.45, 2.75) is 51.0 Å². The van der Waals surface area contributed by atoms with Gasteiger partial charge in [0.1, 0.15) is 11.5 Å². The molecule has 5 heteroatoms. The lowest BCUT2D eigenvalue weighted by molar-refractivity contribution is 0.0631. The molecule has 1 atom stereocenters. The number of carbonyl (C=O) groups excluding carboxylic acids is 1. The molecule has 24 heavy (non-hydrogen) atoms. The molecule has 0 spiro atoms.